The fourth-order valence-corrected chi connectivity index (χ4v) is 5.79. The van der Waals surface area contributed by atoms with Crippen molar-refractivity contribution in [1.29, 1.82) is 0 Å². The van der Waals surface area contributed by atoms with E-state index in [2.05, 4.69) is 33.3 Å². The molecule has 1 aromatic carbocycles. The maximum absolute atomic E-state index is 12.5. The highest BCUT2D eigenvalue weighted by molar-refractivity contribution is 7.99. The molecule has 0 radical (unpaired) electrons. The van der Waals surface area contributed by atoms with Gasteiger partial charge in [0, 0.05) is 29.0 Å². The van der Waals surface area contributed by atoms with Crippen molar-refractivity contribution in [2.45, 2.75) is 63.7 Å². The molecule has 4 rings (SSSR count). The summed E-state index contributed by atoms with van der Waals surface area (Å²) in [6.45, 7) is 5.26. The van der Waals surface area contributed by atoms with Crippen molar-refractivity contribution >= 4 is 17.7 Å². The van der Waals surface area contributed by atoms with Crippen molar-refractivity contribution in [1.82, 2.24) is 20.4 Å². The third-order valence-corrected chi connectivity index (χ3v) is 7.86. The predicted octanol–water partition coefficient (Wildman–Crippen LogP) is 4.44. The number of amides is 1. The number of hydrogen-bond acceptors (Lipinski definition) is 6. The summed E-state index contributed by atoms with van der Waals surface area (Å²) in [5, 5.41) is 8.13. The van der Waals surface area contributed by atoms with Gasteiger partial charge in [-0.2, -0.15) is 16.7 Å². The molecular weight excluding hydrogens is 408 g/mol. The fraction of sp³-hybridized carbons (Fsp3) is 0.625. The number of thioether (sulfide) groups is 1. The summed E-state index contributed by atoms with van der Waals surface area (Å²) in [7, 11) is 0. The minimum absolute atomic E-state index is 0.126. The zero-order valence-corrected chi connectivity index (χ0v) is 19.3. The first-order valence-corrected chi connectivity index (χ1v) is 12.7. The van der Waals surface area contributed by atoms with Crippen molar-refractivity contribution in [3.05, 3.63) is 35.7 Å². The van der Waals surface area contributed by atoms with Crippen LogP contribution in [0.2, 0.25) is 0 Å². The number of aromatic nitrogens is 2. The predicted molar refractivity (Wildman–Crippen MR) is 125 cm³/mol. The fourth-order valence-electron chi connectivity index (χ4n) is 4.57. The molecular formula is C24H34N4O2S. The summed E-state index contributed by atoms with van der Waals surface area (Å²) < 4.78 is 5.48. The standard InChI is InChI=1S/C24H34N4O2S/c1-18-7-5-6-10-21(18)23-26-22(30-27-23)17-28-14-11-19(12-15-28)24(29)25-13-16-31-20-8-3-2-4-9-20/h5-7,10,19-20H,2-4,8-9,11-17H2,1H3,(H,25,29). The number of benzene rings is 1. The lowest BCUT2D eigenvalue weighted by atomic mass is 9.96. The van der Waals surface area contributed by atoms with E-state index in [0.717, 1.165) is 54.6 Å². The number of rotatable bonds is 8. The van der Waals surface area contributed by atoms with Crippen molar-refractivity contribution in [2.24, 2.45) is 5.92 Å². The van der Waals surface area contributed by atoms with E-state index in [1.807, 2.05) is 30.0 Å². The van der Waals surface area contributed by atoms with Crippen molar-refractivity contribution in [2.75, 3.05) is 25.4 Å². The van der Waals surface area contributed by atoms with Crippen LogP contribution in [0.15, 0.2) is 28.8 Å². The molecule has 0 spiro atoms. The summed E-state index contributed by atoms with van der Waals surface area (Å²) in [4.78, 5) is 19.4. The number of aryl methyl sites for hydroxylation is 1. The van der Waals surface area contributed by atoms with E-state index in [-0.39, 0.29) is 11.8 Å². The molecule has 2 heterocycles. The highest BCUT2D eigenvalue weighted by Crippen LogP contribution is 2.28. The zero-order valence-electron chi connectivity index (χ0n) is 18.5. The molecule has 1 saturated heterocycles. The highest BCUT2D eigenvalue weighted by Gasteiger charge is 2.26. The summed E-state index contributed by atoms with van der Waals surface area (Å²) in [5.74, 6) is 2.68. The van der Waals surface area contributed by atoms with Crippen LogP contribution in [0.4, 0.5) is 0 Å². The van der Waals surface area contributed by atoms with E-state index in [9.17, 15) is 4.79 Å². The number of nitrogens with zero attached hydrogens (tertiary/aromatic N) is 3. The summed E-state index contributed by atoms with van der Waals surface area (Å²) in [5.41, 5.74) is 2.15. The van der Waals surface area contributed by atoms with Gasteiger partial charge in [-0.3, -0.25) is 9.69 Å². The molecule has 2 aromatic rings. The Bertz CT molecular complexity index is 842. The average molecular weight is 443 g/mol. The second kappa shape index (κ2) is 11.1. The van der Waals surface area contributed by atoms with Crippen LogP contribution in [0.3, 0.4) is 0 Å². The largest absolute Gasteiger partial charge is 0.355 e. The lowest BCUT2D eigenvalue weighted by molar-refractivity contribution is -0.126. The van der Waals surface area contributed by atoms with Gasteiger partial charge in [0.25, 0.3) is 0 Å². The van der Waals surface area contributed by atoms with Crippen LogP contribution in [0.25, 0.3) is 11.4 Å². The first-order valence-electron chi connectivity index (χ1n) is 11.7. The van der Waals surface area contributed by atoms with Gasteiger partial charge in [-0.15, -0.1) is 0 Å². The average Bonchev–Trinajstić information content (AvgIpc) is 3.26. The monoisotopic (exact) mass is 442 g/mol. The number of likely N-dealkylation sites (tertiary alicyclic amines) is 1. The minimum atomic E-state index is 0.126. The third-order valence-electron chi connectivity index (χ3n) is 6.48. The Morgan fingerprint density at radius 1 is 1.16 bits per heavy atom. The number of hydrogen-bond donors (Lipinski definition) is 1. The van der Waals surface area contributed by atoms with Crippen molar-refractivity contribution in [3.8, 4) is 11.4 Å². The van der Waals surface area contributed by atoms with E-state index < -0.39 is 0 Å². The van der Waals surface area contributed by atoms with Gasteiger partial charge in [0.05, 0.1) is 6.54 Å². The van der Waals surface area contributed by atoms with E-state index in [1.54, 1.807) is 0 Å². The molecule has 2 aliphatic rings. The zero-order chi connectivity index (χ0) is 21.5. The quantitative estimate of drug-likeness (QED) is 0.610. The van der Waals surface area contributed by atoms with Crippen LogP contribution in [-0.2, 0) is 11.3 Å². The van der Waals surface area contributed by atoms with Gasteiger partial charge in [-0.1, -0.05) is 48.7 Å². The van der Waals surface area contributed by atoms with Crippen LogP contribution < -0.4 is 5.32 Å². The topological polar surface area (TPSA) is 71.3 Å². The molecule has 168 valence electrons. The second-order valence-corrected chi connectivity index (χ2v) is 10.2. The summed E-state index contributed by atoms with van der Waals surface area (Å²) >= 11 is 2.04. The Labute approximate surface area is 189 Å². The van der Waals surface area contributed by atoms with Crippen molar-refractivity contribution < 1.29 is 9.32 Å². The van der Waals surface area contributed by atoms with Gasteiger partial charge in [-0.25, -0.2) is 0 Å². The molecule has 0 atom stereocenters. The Morgan fingerprint density at radius 2 is 1.94 bits per heavy atom. The van der Waals surface area contributed by atoms with Gasteiger partial charge < -0.3 is 9.84 Å². The smallest absolute Gasteiger partial charge is 0.241 e. The van der Waals surface area contributed by atoms with Crippen molar-refractivity contribution in [3.63, 3.8) is 0 Å². The molecule has 2 fully saturated rings. The number of carbonyl (C=O) groups is 1. The van der Waals surface area contributed by atoms with E-state index in [4.69, 9.17) is 4.52 Å². The van der Waals surface area contributed by atoms with Crippen LogP contribution >= 0.6 is 11.8 Å². The van der Waals surface area contributed by atoms with Gasteiger partial charge in [0.1, 0.15) is 0 Å². The molecule has 31 heavy (non-hydrogen) atoms. The molecule has 0 unspecified atom stereocenters. The molecule has 1 aliphatic heterocycles. The Morgan fingerprint density at radius 3 is 2.71 bits per heavy atom. The molecule has 1 aliphatic carbocycles. The third kappa shape index (κ3) is 6.32. The van der Waals surface area contributed by atoms with Gasteiger partial charge >= 0.3 is 0 Å². The molecule has 6 nitrogen and oxygen atoms in total. The first kappa shape index (κ1) is 22.3. The molecule has 0 bridgehead atoms. The second-order valence-electron chi connectivity index (χ2n) is 8.80. The minimum Gasteiger partial charge on any atom is -0.355 e. The van der Waals surface area contributed by atoms with Gasteiger partial charge in [0.15, 0.2) is 0 Å². The first-order chi connectivity index (χ1) is 15.2. The maximum Gasteiger partial charge on any atom is 0.241 e. The Balaban J connectivity index is 1.16. The molecule has 1 amide bonds. The summed E-state index contributed by atoms with van der Waals surface area (Å²) in [6.07, 6.45) is 8.62. The lowest BCUT2D eigenvalue weighted by Crippen LogP contribution is -2.40. The van der Waals surface area contributed by atoms with Gasteiger partial charge in [-0.05, 0) is 51.3 Å². The number of nitrogens with one attached hydrogen (secondary N) is 1. The van der Waals surface area contributed by atoms with E-state index >= 15 is 0 Å². The SMILES string of the molecule is Cc1ccccc1-c1noc(CN2CCC(C(=O)NCCSC3CCCCC3)CC2)n1. The molecule has 1 saturated carbocycles. The Hall–Kier alpha value is -1.86. The number of piperidine rings is 1. The molecule has 1 N–H and O–H groups in total. The van der Waals surface area contributed by atoms with Crippen LogP contribution in [0, 0.1) is 12.8 Å². The van der Waals surface area contributed by atoms with Crippen LogP contribution in [0.5, 0.6) is 0 Å². The summed E-state index contributed by atoms with van der Waals surface area (Å²) in [6, 6.07) is 8.07. The molecule has 7 heteroatoms. The highest BCUT2D eigenvalue weighted by atomic mass is 32.2. The van der Waals surface area contributed by atoms with Crippen LogP contribution in [0.1, 0.15) is 56.4 Å². The maximum atomic E-state index is 12.5. The van der Waals surface area contributed by atoms with Crippen LogP contribution in [-0.4, -0.2) is 51.6 Å². The van der Waals surface area contributed by atoms with E-state index in [1.165, 1.54) is 32.1 Å². The number of carbonyl (C=O) groups excluding carboxylic acids is 1. The van der Waals surface area contributed by atoms with Gasteiger partial charge in [0.2, 0.25) is 17.6 Å². The van der Waals surface area contributed by atoms with E-state index in [0.29, 0.717) is 18.3 Å². The molecule has 1 aromatic heterocycles. The lowest BCUT2D eigenvalue weighted by Gasteiger charge is -2.30. The normalized spacial score (nSPS) is 18.9. The Kier molecular flexibility index (Phi) is 8.03.